The van der Waals surface area contributed by atoms with Crippen LogP contribution in [0.15, 0.2) is 22.9 Å². The van der Waals surface area contributed by atoms with Gasteiger partial charge in [0.15, 0.2) is 5.37 Å². The molecule has 1 atom stereocenters. The second kappa shape index (κ2) is 4.09. The molecule has 1 radical (unpaired) electrons. The Morgan fingerprint density at radius 3 is 2.87 bits per heavy atom. The maximum absolute atomic E-state index is 12.5. The molecule has 0 aromatic carbocycles. The maximum atomic E-state index is 12.5. The van der Waals surface area contributed by atoms with Gasteiger partial charge in [-0.3, -0.25) is 0 Å². The van der Waals surface area contributed by atoms with Crippen LogP contribution in [0.4, 0.5) is 13.2 Å². The van der Waals surface area contributed by atoms with Gasteiger partial charge >= 0.3 is 6.18 Å². The Hall–Kier alpha value is -0.620. The first-order valence-corrected chi connectivity index (χ1v) is 5.98. The van der Waals surface area contributed by atoms with Gasteiger partial charge in [0.05, 0.1) is 12.7 Å². The molecule has 0 aliphatic carbocycles. The van der Waals surface area contributed by atoms with E-state index >= 15 is 0 Å². The first kappa shape index (κ1) is 10.9. The van der Waals surface area contributed by atoms with Gasteiger partial charge in [-0.15, -0.1) is 11.3 Å². The quantitative estimate of drug-likeness (QED) is 0.790. The predicted octanol–water partition coefficient (Wildman–Crippen LogP) is 3.46. The minimum Gasteiger partial charge on any atom is -0.344 e. The summed E-state index contributed by atoms with van der Waals surface area (Å²) in [5.74, 6) is 0. The Morgan fingerprint density at radius 1 is 1.47 bits per heavy atom. The van der Waals surface area contributed by atoms with Gasteiger partial charge in [-0.25, -0.2) is 0 Å². The summed E-state index contributed by atoms with van der Waals surface area (Å²) >= 11 is 2.20. The van der Waals surface area contributed by atoms with E-state index in [-0.39, 0.29) is 6.54 Å². The fourth-order valence-electron chi connectivity index (χ4n) is 1.26. The van der Waals surface area contributed by atoms with Crippen LogP contribution in [0.25, 0.3) is 0 Å². The second-order valence-electron chi connectivity index (χ2n) is 2.98. The molecule has 2 heterocycles. The minimum absolute atomic E-state index is 0.269. The molecule has 0 saturated heterocycles. The van der Waals surface area contributed by atoms with Crippen LogP contribution in [0.2, 0.25) is 0 Å². The van der Waals surface area contributed by atoms with Gasteiger partial charge < -0.3 is 4.90 Å². The lowest BCUT2D eigenvalue weighted by Gasteiger charge is -2.25. The Balaban J connectivity index is 2.05. The maximum Gasteiger partial charge on any atom is 0.418 e. The zero-order chi connectivity index (χ0) is 10.9. The van der Waals surface area contributed by atoms with E-state index in [9.17, 15) is 13.2 Å². The van der Waals surface area contributed by atoms with Crippen LogP contribution in [0, 0.1) is 6.20 Å². The standard InChI is InChI=1S/C9H7F3NS2/c10-9(11,12)8-13(3-5-15-8)6-7-2-1-4-14-7/h1-2,4-5,8H,6H2. The van der Waals surface area contributed by atoms with Crippen LogP contribution >= 0.6 is 23.1 Å². The van der Waals surface area contributed by atoms with Crippen molar-refractivity contribution in [3.63, 3.8) is 0 Å². The number of alkyl halides is 3. The molecule has 2 rings (SSSR count). The third kappa shape index (κ3) is 2.49. The van der Waals surface area contributed by atoms with Gasteiger partial charge in [0.1, 0.15) is 0 Å². The van der Waals surface area contributed by atoms with Crippen LogP contribution in [0.3, 0.4) is 0 Å². The topological polar surface area (TPSA) is 3.24 Å². The molecule has 1 aromatic heterocycles. The molecule has 1 nitrogen and oxygen atoms in total. The molecule has 0 fully saturated rings. The SMILES string of the molecule is FC(F)(F)C1SC=[C]N1Cc1cccs1. The van der Waals surface area contributed by atoms with Crippen molar-refractivity contribution >= 4 is 23.1 Å². The average Bonchev–Trinajstić information content (AvgIpc) is 2.73. The third-order valence-electron chi connectivity index (χ3n) is 1.88. The highest BCUT2D eigenvalue weighted by Gasteiger charge is 2.45. The molecular formula is C9H7F3NS2. The average molecular weight is 250 g/mol. The van der Waals surface area contributed by atoms with E-state index in [1.54, 1.807) is 0 Å². The fourth-order valence-corrected chi connectivity index (χ4v) is 2.72. The van der Waals surface area contributed by atoms with Gasteiger partial charge in [0, 0.05) is 4.88 Å². The zero-order valence-corrected chi connectivity index (χ0v) is 9.12. The second-order valence-corrected chi connectivity index (χ2v) is 4.97. The van der Waals surface area contributed by atoms with Crippen LogP contribution in [-0.4, -0.2) is 16.5 Å². The number of hydrogen-bond donors (Lipinski definition) is 0. The molecular weight excluding hydrogens is 243 g/mol. The molecule has 0 saturated carbocycles. The first-order valence-electron chi connectivity index (χ1n) is 4.16. The summed E-state index contributed by atoms with van der Waals surface area (Å²) in [5.41, 5.74) is 0. The summed E-state index contributed by atoms with van der Waals surface area (Å²) in [5, 5.41) is 1.73. The Bertz CT molecular complexity index is 345. The number of halogens is 3. The molecule has 15 heavy (non-hydrogen) atoms. The normalized spacial score (nSPS) is 21.3. The van der Waals surface area contributed by atoms with E-state index < -0.39 is 11.6 Å². The molecule has 0 spiro atoms. The number of rotatable bonds is 2. The number of thioether (sulfide) groups is 1. The van der Waals surface area contributed by atoms with Crippen molar-refractivity contribution in [1.82, 2.24) is 4.90 Å². The van der Waals surface area contributed by atoms with E-state index in [0.717, 1.165) is 16.6 Å². The van der Waals surface area contributed by atoms with Crippen LogP contribution in [-0.2, 0) is 6.54 Å². The van der Waals surface area contributed by atoms with Crippen molar-refractivity contribution in [3.8, 4) is 0 Å². The van der Waals surface area contributed by atoms with E-state index in [1.807, 2.05) is 17.5 Å². The molecule has 81 valence electrons. The van der Waals surface area contributed by atoms with E-state index in [1.165, 1.54) is 21.6 Å². The Labute approximate surface area is 93.6 Å². The summed E-state index contributed by atoms with van der Waals surface area (Å²) in [6.45, 7) is 0.269. The lowest BCUT2D eigenvalue weighted by atomic mass is 10.4. The number of thiophene rings is 1. The van der Waals surface area contributed by atoms with Crippen LogP contribution in [0.1, 0.15) is 4.88 Å². The molecule has 0 bridgehead atoms. The summed E-state index contributed by atoms with van der Waals surface area (Å²) in [6.07, 6.45) is -1.60. The van der Waals surface area contributed by atoms with Crippen molar-refractivity contribution in [3.05, 3.63) is 34.0 Å². The number of hydrogen-bond acceptors (Lipinski definition) is 3. The van der Waals surface area contributed by atoms with E-state index in [2.05, 4.69) is 6.20 Å². The highest BCUT2D eigenvalue weighted by molar-refractivity contribution is 8.02. The van der Waals surface area contributed by atoms with Crippen molar-refractivity contribution in [2.75, 3.05) is 0 Å². The molecule has 6 heteroatoms. The van der Waals surface area contributed by atoms with Crippen LogP contribution in [0.5, 0.6) is 0 Å². The van der Waals surface area contributed by atoms with Crippen molar-refractivity contribution in [2.45, 2.75) is 18.1 Å². The van der Waals surface area contributed by atoms with Gasteiger partial charge in [0.25, 0.3) is 0 Å². The van der Waals surface area contributed by atoms with Gasteiger partial charge in [-0.1, -0.05) is 17.8 Å². The van der Waals surface area contributed by atoms with E-state index in [4.69, 9.17) is 0 Å². The Morgan fingerprint density at radius 2 is 2.27 bits per heavy atom. The van der Waals surface area contributed by atoms with Gasteiger partial charge in [-0.05, 0) is 16.9 Å². The lowest BCUT2D eigenvalue weighted by Crippen LogP contribution is -2.37. The molecule has 0 N–H and O–H groups in total. The summed E-state index contributed by atoms with van der Waals surface area (Å²) in [6, 6.07) is 3.65. The first-order chi connectivity index (χ1) is 7.07. The van der Waals surface area contributed by atoms with E-state index in [0.29, 0.717) is 0 Å². The molecule has 0 amide bonds. The zero-order valence-electron chi connectivity index (χ0n) is 7.49. The Kier molecular flexibility index (Phi) is 2.97. The van der Waals surface area contributed by atoms with Gasteiger partial charge in [0.2, 0.25) is 0 Å². The van der Waals surface area contributed by atoms with Crippen molar-refractivity contribution in [2.24, 2.45) is 0 Å². The van der Waals surface area contributed by atoms with Crippen LogP contribution < -0.4 is 0 Å². The molecule has 1 unspecified atom stereocenters. The predicted molar refractivity (Wildman–Crippen MR) is 55.1 cm³/mol. The highest BCUT2D eigenvalue weighted by atomic mass is 32.2. The smallest absolute Gasteiger partial charge is 0.344 e. The third-order valence-corrected chi connectivity index (χ3v) is 3.77. The minimum atomic E-state index is -4.21. The molecule has 1 aliphatic rings. The fraction of sp³-hybridized carbons (Fsp3) is 0.333. The monoisotopic (exact) mass is 250 g/mol. The molecule has 1 aromatic rings. The van der Waals surface area contributed by atoms with Gasteiger partial charge in [-0.2, -0.15) is 13.2 Å². The summed E-state index contributed by atoms with van der Waals surface area (Å²) < 4.78 is 37.6. The largest absolute Gasteiger partial charge is 0.418 e. The van der Waals surface area contributed by atoms with Crippen molar-refractivity contribution in [1.29, 1.82) is 0 Å². The summed E-state index contributed by atoms with van der Waals surface area (Å²) in [7, 11) is 0. The molecule has 1 aliphatic heterocycles. The number of nitrogens with zero attached hydrogens (tertiary/aromatic N) is 1. The summed E-state index contributed by atoms with van der Waals surface area (Å²) in [4.78, 5) is 2.10. The lowest BCUT2D eigenvalue weighted by molar-refractivity contribution is -0.152. The highest BCUT2D eigenvalue weighted by Crippen LogP contribution is 2.38. The van der Waals surface area contributed by atoms with Crippen molar-refractivity contribution < 1.29 is 13.2 Å².